The van der Waals surface area contributed by atoms with E-state index in [-0.39, 0.29) is 0 Å². The van der Waals surface area contributed by atoms with Gasteiger partial charge in [-0.3, -0.25) is 4.98 Å². The van der Waals surface area contributed by atoms with E-state index in [1.165, 1.54) is 0 Å². The normalized spacial score (nSPS) is 12.8. The minimum absolute atomic E-state index is 0.420. The first-order valence-electron chi connectivity index (χ1n) is 6.69. The lowest BCUT2D eigenvalue weighted by Crippen LogP contribution is -2.50. The summed E-state index contributed by atoms with van der Waals surface area (Å²) in [6.07, 6.45) is 1.80. The molecular weight excluding hydrogens is 252 g/mol. The van der Waals surface area contributed by atoms with Gasteiger partial charge in [-0.05, 0) is 52.7 Å². The van der Waals surface area contributed by atoms with E-state index in [1.54, 1.807) is 6.20 Å². The summed E-state index contributed by atoms with van der Waals surface area (Å²) in [5.41, 5.74) is 8.20. The van der Waals surface area contributed by atoms with Crippen LogP contribution in [0.15, 0.2) is 16.8 Å². The van der Waals surface area contributed by atoms with Crippen molar-refractivity contribution in [2.24, 2.45) is 5.73 Å². The van der Waals surface area contributed by atoms with Gasteiger partial charge in [0.15, 0.2) is 0 Å². The molecule has 2 rings (SSSR count). The lowest BCUT2D eigenvalue weighted by atomic mass is 9.75. The van der Waals surface area contributed by atoms with E-state index >= 15 is 0 Å². The van der Waals surface area contributed by atoms with Gasteiger partial charge in [-0.25, -0.2) is 0 Å². The summed E-state index contributed by atoms with van der Waals surface area (Å²) in [5, 5.41) is 4.05. The van der Waals surface area contributed by atoms with Crippen molar-refractivity contribution in [3.05, 3.63) is 29.3 Å². The predicted molar refractivity (Wildman–Crippen MR) is 78.3 cm³/mol. The quantitative estimate of drug-likeness (QED) is 0.931. The molecule has 0 amide bonds. The Hall–Kier alpha value is -1.75. The van der Waals surface area contributed by atoms with Gasteiger partial charge in [-0.15, -0.1) is 0 Å². The van der Waals surface area contributed by atoms with Crippen LogP contribution in [-0.4, -0.2) is 20.7 Å². The molecule has 108 valence electrons. The molecule has 0 aliphatic heterocycles. The van der Waals surface area contributed by atoms with Crippen LogP contribution in [0, 0.1) is 13.8 Å². The molecule has 0 unspecified atom stereocenters. The number of hydrogen-bond acceptors (Lipinski definition) is 5. The predicted octanol–water partition coefficient (Wildman–Crippen LogP) is 2.76. The van der Waals surface area contributed by atoms with E-state index in [4.69, 9.17) is 10.3 Å². The summed E-state index contributed by atoms with van der Waals surface area (Å²) in [4.78, 5) is 8.88. The molecule has 0 atom stereocenters. The maximum Gasteiger partial charge on any atom is 0.234 e. The van der Waals surface area contributed by atoms with Gasteiger partial charge < -0.3 is 10.3 Å². The average molecular weight is 274 g/mol. The molecule has 0 fully saturated rings. The van der Waals surface area contributed by atoms with Crippen molar-refractivity contribution in [2.45, 2.75) is 52.5 Å². The Labute approximate surface area is 119 Å². The van der Waals surface area contributed by atoms with Gasteiger partial charge in [0.1, 0.15) is 5.69 Å². The Morgan fingerprint density at radius 1 is 1.15 bits per heavy atom. The number of nitrogens with zero attached hydrogens (tertiary/aromatic N) is 3. The fourth-order valence-corrected chi connectivity index (χ4v) is 1.80. The zero-order valence-electron chi connectivity index (χ0n) is 13.0. The number of nitrogens with two attached hydrogens (primary N) is 1. The third-order valence-electron chi connectivity index (χ3n) is 4.00. The summed E-state index contributed by atoms with van der Waals surface area (Å²) in [7, 11) is 0. The first-order valence-corrected chi connectivity index (χ1v) is 6.69. The standard InChI is InChI=1S/C15H22N4O/c1-9-7-10(2)11(17-8-9)12-18-13(20-19-12)14(3,4)15(5,6)16/h7-8H,16H2,1-6H3. The number of rotatable bonds is 3. The molecule has 5 heteroatoms. The van der Waals surface area contributed by atoms with E-state index in [2.05, 4.69) is 21.2 Å². The molecule has 0 saturated carbocycles. The van der Waals surface area contributed by atoms with Crippen molar-refractivity contribution in [2.75, 3.05) is 0 Å². The molecule has 0 bridgehead atoms. The second-order valence-electron chi connectivity index (χ2n) is 6.45. The van der Waals surface area contributed by atoms with E-state index in [1.807, 2.05) is 41.5 Å². The van der Waals surface area contributed by atoms with Crippen LogP contribution < -0.4 is 5.73 Å². The molecular formula is C15H22N4O. The van der Waals surface area contributed by atoms with Crippen LogP contribution in [0.4, 0.5) is 0 Å². The van der Waals surface area contributed by atoms with Crippen molar-refractivity contribution in [1.82, 2.24) is 15.1 Å². The molecule has 2 heterocycles. The summed E-state index contributed by atoms with van der Waals surface area (Å²) in [6.45, 7) is 11.9. The smallest absolute Gasteiger partial charge is 0.234 e. The van der Waals surface area contributed by atoms with Crippen molar-refractivity contribution in [3.63, 3.8) is 0 Å². The Kier molecular flexibility index (Phi) is 3.42. The number of pyridine rings is 1. The van der Waals surface area contributed by atoms with Gasteiger partial charge >= 0.3 is 0 Å². The minimum atomic E-state index is -0.466. The van der Waals surface area contributed by atoms with E-state index in [9.17, 15) is 0 Å². The molecule has 2 aromatic heterocycles. The maximum absolute atomic E-state index is 6.20. The zero-order valence-corrected chi connectivity index (χ0v) is 13.0. The zero-order chi connectivity index (χ0) is 15.1. The second kappa shape index (κ2) is 4.66. The largest absolute Gasteiger partial charge is 0.338 e. The fourth-order valence-electron chi connectivity index (χ4n) is 1.80. The summed E-state index contributed by atoms with van der Waals surface area (Å²) < 4.78 is 5.41. The van der Waals surface area contributed by atoms with Gasteiger partial charge in [0.05, 0.1) is 5.41 Å². The summed E-state index contributed by atoms with van der Waals surface area (Å²) in [5.74, 6) is 1.04. The molecule has 0 aliphatic rings. The third-order valence-corrected chi connectivity index (χ3v) is 4.00. The molecule has 20 heavy (non-hydrogen) atoms. The van der Waals surface area contributed by atoms with Crippen LogP contribution in [0.3, 0.4) is 0 Å². The summed E-state index contributed by atoms with van der Waals surface area (Å²) >= 11 is 0. The Morgan fingerprint density at radius 2 is 1.80 bits per heavy atom. The number of aromatic nitrogens is 3. The SMILES string of the molecule is Cc1cnc(-c2noc(C(C)(C)C(C)(C)N)n2)c(C)c1. The topological polar surface area (TPSA) is 77.8 Å². The lowest BCUT2D eigenvalue weighted by molar-refractivity contribution is 0.223. The molecule has 0 radical (unpaired) electrons. The number of hydrogen-bond donors (Lipinski definition) is 1. The maximum atomic E-state index is 6.20. The molecule has 0 saturated heterocycles. The van der Waals surface area contributed by atoms with Crippen LogP contribution >= 0.6 is 0 Å². The van der Waals surface area contributed by atoms with Crippen LogP contribution in [0.1, 0.15) is 44.7 Å². The van der Waals surface area contributed by atoms with Crippen molar-refractivity contribution >= 4 is 0 Å². The van der Waals surface area contributed by atoms with Crippen LogP contribution in [0.5, 0.6) is 0 Å². The number of aryl methyl sites for hydroxylation is 2. The Morgan fingerprint density at radius 3 is 2.35 bits per heavy atom. The second-order valence-corrected chi connectivity index (χ2v) is 6.45. The van der Waals surface area contributed by atoms with Gasteiger partial charge in [0.2, 0.25) is 11.7 Å². The lowest BCUT2D eigenvalue weighted by Gasteiger charge is -2.34. The van der Waals surface area contributed by atoms with Crippen molar-refractivity contribution in [3.8, 4) is 11.5 Å². The highest BCUT2D eigenvalue weighted by Crippen LogP contribution is 2.33. The van der Waals surface area contributed by atoms with Gasteiger partial charge in [-0.1, -0.05) is 11.2 Å². The monoisotopic (exact) mass is 274 g/mol. The van der Waals surface area contributed by atoms with E-state index < -0.39 is 11.0 Å². The molecule has 2 aromatic rings. The molecule has 0 spiro atoms. The van der Waals surface area contributed by atoms with Crippen LogP contribution in [0.25, 0.3) is 11.5 Å². The highest BCUT2D eigenvalue weighted by molar-refractivity contribution is 5.54. The van der Waals surface area contributed by atoms with E-state index in [0.29, 0.717) is 11.7 Å². The first kappa shape index (κ1) is 14.7. The highest BCUT2D eigenvalue weighted by atomic mass is 16.5. The molecule has 5 nitrogen and oxygen atoms in total. The van der Waals surface area contributed by atoms with Crippen molar-refractivity contribution < 1.29 is 4.52 Å². The van der Waals surface area contributed by atoms with Crippen molar-refractivity contribution in [1.29, 1.82) is 0 Å². The Balaban J connectivity index is 2.44. The summed E-state index contributed by atoms with van der Waals surface area (Å²) in [6, 6.07) is 2.05. The minimum Gasteiger partial charge on any atom is -0.338 e. The van der Waals surface area contributed by atoms with Gasteiger partial charge in [0, 0.05) is 11.7 Å². The fraction of sp³-hybridized carbons (Fsp3) is 0.533. The molecule has 0 aromatic carbocycles. The van der Waals surface area contributed by atoms with Crippen LogP contribution in [0.2, 0.25) is 0 Å². The average Bonchev–Trinajstić information content (AvgIpc) is 2.77. The Bertz CT molecular complexity index is 623. The van der Waals surface area contributed by atoms with Crippen LogP contribution in [-0.2, 0) is 5.41 Å². The highest BCUT2D eigenvalue weighted by Gasteiger charge is 2.40. The molecule has 0 aliphatic carbocycles. The van der Waals surface area contributed by atoms with Gasteiger partial charge in [0.25, 0.3) is 0 Å². The van der Waals surface area contributed by atoms with E-state index in [0.717, 1.165) is 16.8 Å². The third kappa shape index (κ3) is 2.45. The van der Waals surface area contributed by atoms with Gasteiger partial charge in [-0.2, -0.15) is 4.98 Å². The molecule has 2 N–H and O–H groups in total. The first-order chi connectivity index (χ1) is 9.13.